The molecule has 39 heavy (non-hydrogen) atoms. The Morgan fingerprint density at radius 1 is 0.949 bits per heavy atom. The van der Waals surface area contributed by atoms with Crippen molar-refractivity contribution in [2.75, 3.05) is 76.7 Å². The highest BCUT2D eigenvalue weighted by atomic mass is 35.5. The monoisotopic (exact) mass is 571 g/mol. The summed E-state index contributed by atoms with van der Waals surface area (Å²) in [6.45, 7) is 3.62. The van der Waals surface area contributed by atoms with E-state index in [1.54, 1.807) is 27.4 Å². The zero-order valence-electron chi connectivity index (χ0n) is 22.7. The maximum absolute atomic E-state index is 12.9. The molecule has 0 atom stereocenters. The van der Waals surface area contributed by atoms with E-state index in [1.165, 1.54) is 11.8 Å². The minimum Gasteiger partial charge on any atom is -0.497 e. The van der Waals surface area contributed by atoms with E-state index in [-0.39, 0.29) is 11.7 Å². The number of hydrogen-bond acceptors (Lipinski definition) is 9. The first-order valence-electron chi connectivity index (χ1n) is 12.7. The van der Waals surface area contributed by atoms with Gasteiger partial charge in [-0.25, -0.2) is 9.97 Å². The number of aromatic nitrogens is 2. The third kappa shape index (κ3) is 7.60. The number of rotatable bonds is 11. The van der Waals surface area contributed by atoms with Crippen LogP contribution in [0.2, 0.25) is 5.15 Å². The van der Waals surface area contributed by atoms with E-state index in [4.69, 9.17) is 25.8 Å². The van der Waals surface area contributed by atoms with Gasteiger partial charge in [0.15, 0.2) is 16.7 Å². The van der Waals surface area contributed by atoms with Crippen molar-refractivity contribution in [3.63, 3.8) is 0 Å². The zero-order valence-corrected chi connectivity index (χ0v) is 24.3. The fourth-order valence-electron chi connectivity index (χ4n) is 4.32. The Labute approximate surface area is 239 Å². The van der Waals surface area contributed by atoms with E-state index in [0.29, 0.717) is 47.3 Å². The van der Waals surface area contributed by atoms with Crippen molar-refractivity contribution in [3.8, 4) is 17.2 Å². The predicted molar refractivity (Wildman–Crippen MR) is 156 cm³/mol. The Morgan fingerprint density at radius 2 is 1.67 bits per heavy atom. The average molecular weight is 572 g/mol. The molecule has 1 aliphatic rings. The quantitative estimate of drug-likeness (QED) is 0.190. The lowest BCUT2D eigenvalue weighted by Gasteiger charge is -2.36. The van der Waals surface area contributed by atoms with Crippen molar-refractivity contribution in [3.05, 3.63) is 59.2 Å². The summed E-state index contributed by atoms with van der Waals surface area (Å²) < 4.78 is 16.0. The molecule has 2 heterocycles. The number of piperazine rings is 1. The van der Waals surface area contributed by atoms with Gasteiger partial charge in [-0.3, -0.25) is 4.79 Å². The molecule has 0 unspecified atom stereocenters. The van der Waals surface area contributed by atoms with Gasteiger partial charge in [0.2, 0.25) is 5.91 Å². The van der Waals surface area contributed by atoms with E-state index < -0.39 is 0 Å². The zero-order chi connectivity index (χ0) is 27.8. The van der Waals surface area contributed by atoms with Crippen LogP contribution >= 0.6 is 23.4 Å². The molecule has 208 valence electrons. The number of hydrogen-bond donors (Lipinski definition) is 0. The predicted octanol–water partition coefficient (Wildman–Crippen LogP) is 4.28. The van der Waals surface area contributed by atoms with Crippen molar-refractivity contribution in [1.82, 2.24) is 14.9 Å². The summed E-state index contributed by atoms with van der Waals surface area (Å²) in [5.74, 6) is 3.28. The van der Waals surface area contributed by atoms with Crippen LogP contribution in [0.3, 0.4) is 0 Å². The molecule has 1 aromatic heterocycles. The van der Waals surface area contributed by atoms with Crippen LogP contribution in [-0.4, -0.2) is 87.6 Å². The molecule has 1 amide bonds. The molecule has 11 heteroatoms. The van der Waals surface area contributed by atoms with Gasteiger partial charge in [0.1, 0.15) is 16.7 Å². The van der Waals surface area contributed by atoms with E-state index in [9.17, 15) is 4.79 Å². The molecular weight excluding hydrogens is 538 g/mol. The average Bonchev–Trinajstić information content (AvgIpc) is 2.98. The molecule has 0 radical (unpaired) electrons. The highest BCUT2D eigenvalue weighted by Gasteiger charge is 2.22. The Hall–Kier alpha value is -3.37. The van der Waals surface area contributed by atoms with Crippen LogP contribution in [0.4, 0.5) is 11.5 Å². The smallest absolute Gasteiger partial charge is 0.233 e. The van der Waals surface area contributed by atoms with Gasteiger partial charge in [-0.1, -0.05) is 29.4 Å². The van der Waals surface area contributed by atoms with E-state index in [0.717, 1.165) is 36.5 Å². The highest BCUT2D eigenvalue weighted by Crippen LogP contribution is 2.28. The maximum atomic E-state index is 12.9. The first-order valence-corrected chi connectivity index (χ1v) is 14.0. The third-order valence-electron chi connectivity index (χ3n) is 6.63. The van der Waals surface area contributed by atoms with Gasteiger partial charge in [0, 0.05) is 51.5 Å². The Balaban J connectivity index is 1.28. The summed E-state index contributed by atoms with van der Waals surface area (Å²) in [5.41, 5.74) is 2.25. The van der Waals surface area contributed by atoms with Crippen molar-refractivity contribution < 1.29 is 19.0 Å². The first-order chi connectivity index (χ1) is 18.9. The van der Waals surface area contributed by atoms with Gasteiger partial charge in [-0.2, -0.15) is 0 Å². The SMILES string of the molecule is COc1ccc(N2CCN(C(=O)CSc3nc(Cl)cc(N(C)CCc4ccc(OC)c(OC)c4)n3)CC2)cc1. The molecule has 1 saturated heterocycles. The number of thioether (sulfide) groups is 1. The number of benzene rings is 2. The molecule has 1 aliphatic heterocycles. The minimum absolute atomic E-state index is 0.0707. The molecular formula is C28H34ClN5O4S. The molecule has 9 nitrogen and oxygen atoms in total. The maximum Gasteiger partial charge on any atom is 0.233 e. The summed E-state index contributed by atoms with van der Waals surface area (Å²) in [6.07, 6.45) is 0.780. The molecule has 1 fully saturated rings. The summed E-state index contributed by atoms with van der Waals surface area (Å²) in [5, 5.41) is 0.835. The number of carbonyl (C=O) groups excluding carboxylic acids is 1. The Morgan fingerprint density at radius 3 is 2.33 bits per heavy atom. The Kier molecular flexibility index (Phi) is 10.00. The minimum atomic E-state index is 0.0707. The second kappa shape index (κ2) is 13.6. The third-order valence-corrected chi connectivity index (χ3v) is 7.66. The van der Waals surface area contributed by atoms with Crippen molar-refractivity contribution in [2.24, 2.45) is 0 Å². The normalized spacial score (nSPS) is 13.3. The van der Waals surface area contributed by atoms with Crippen LogP contribution < -0.4 is 24.0 Å². The summed E-state index contributed by atoms with van der Waals surface area (Å²) in [4.78, 5) is 28.1. The number of methoxy groups -OCH3 is 3. The molecule has 4 rings (SSSR count). The number of likely N-dealkylation sites (N-methyl/N-ethyl adjacent to an activating group) is 1. The second-order valence-corrected chi connectivity index (χ2v) is 10.4. The molecule has 0 spiro atoms. The standard InChI is InChI=1S/C28H34ClN5O4S/c1-32(12-11-20-5-10-23(37-3)24(17-20)38-4)26-18-25(29)30-28(31-26)39-19-27(35)34-15-13-33(14-16-34)21-6-8-22(36-2)9-7-21/h5-10,17-18H,11-16,19H2,1-4H3. The van der Waals surface area contributed by atoms with Crippen LogP contribution in [0, 0.1) is 0 Å². The first kappa shape index (κ1) is 28.6. The number of ether oxygens (including phenoxy) is 3. The van der Waals surface area contributed by atoms with Crippen molar-refractivity contribution in [2.45, 2.75) is 11.6 Å². The Bertz CT molecular complexity index is 1260. The van der Waals surface area contributed by atoms with E-state index in [1.807, 2.05) is 59.3 Å². The fraction of sp³-hybridized carbons (Fsp3) is 0.393. The van der Waals surface area contributed by atoms with Gasteiger partial charge in [0.25, 0.3) is 0 Å². The van der Waals surface area contributed by atoms with Crippen LogP contribution in [0.15, 0.2) is 53.7 Å². The van der Waals surface area contributed by atoms with E-state index in [2.05, 4.69) is 14.9 Å². The van der Waals surface area contributed by atoms with Gasteiger partial charge < -0.3 is 28.9 Å². The van der Waals surface area contributed by atoms with Crippen LogP contribution in [0.5, 0.6) is 17.2 Å². The molecule has 2 aromatic carbocycles. The van der Waals surface area contributed by atoms with Gasteiger partial charge in [-0.05, 0) is 48.4 Å². The number of amides is 1. The van der Waals surface area contributed by atoms with Crippen LogP contribution in [0.25, 0.3) is 0 Å². The van der Waals surface area contributed by atoms with Crippen molar-refractivity contribution >= 4 is 40.8 Å². The molecule has 0 aliphatic carbocycles. The van der Waals surface area contributed by atoms with Crippen molar-refractivity contribution in [1.29, 1.82) is 0 Å². The van der Waals surface area contributed by atoms with Gasteiger partial charge in [0.05, 0.1) is 27.1 Å². The number of anilines is 2. The largest absolute Gasteiger partial charge is 0.497 e. The molecule has 0 saturated carbocycles. The fourth-order valence-corrected chi connectivity index (χ4v) is 5.30. The number of halogens is 1. The summed E-state index contributed by atoms with van der Waals surface area (Å²) >= 11 is 7.62. The molecule has 0 N–H and O–H groups in total. The molecule has 3 aromatic rings. The number of carbonyl (C=O) groups is 1. The highest BCUT2D eigenvalue weighted by molar-refractivity contribution is 7.99. The number of nitrogens with zero attached hydrogens (tertiary/aromatic N) is 5. The lowest BCUT2D eigenvalue weighted by molar-refractivity contribution is -0.128. The van der Waals surface area contributed by atoms with Gasteiger partial charge in [-0.15, -0.1) is 0 Å². The molecule has 0 bridgehead atoms. The van der Waals surface area contributed by atoms with Crippen LogP contribution in [-0.2, 0) is 11.2 Å². The van der Waals surface area contributed by atoms with Crippen LogP contribution in [0.1, 0.15) is 5.56 Å². The lowest BCUT2D eigenvalue weighted by atomic mass is 10.1. The topological polar surface area (TPSA) is 80.3 Å². The lowest BCUT2D eigenvalue weighted by Crippen LogP contribution is -2.49. The summed E-state index contributed by atoms with van der Waals surface area (Å²) in [7, 11) is 6.87. The summed E-state index contributed by atoms with van der Waals surface area (Å²) in [6, 6.07) is 15.6. The van der Waals surface area contributed by atoms with E-state index >= 15 is 0 Å². The van der Waals surface area contributed by atoms with Gasteiger partial charge >= 0.3 is 0 Å². The second-order valence-electron chi connectivity index (χ2n) is 9.05.